The van der Waals surface area contributed by atoms with Crippen molar-refractivity contribution >= 4 is 22.9 Å². The minimum Gasteiger partial charge on any atom is -0.496 e. The summed E-state index contributed by atoms with van der Waals surface area (Å²) in [7, 11) is 3.36. The minimum absolute atomic E-state index is 0.801. The van der Waals surface area contributed by atoms with E-state index in [1.807, 2.05) is 37.4 Å². The fourth-order valence-corrected chi connectivity index (χ4v) is 3.91. The summed E-state index contributed by atoms with van der Waals surface area (Å²) in [5.74, 6) is 2.46. The number of nitrogens with zero attached hydrogens (tertiary/aromatic N) is 2. The second kappa shape index (κ2) is 6.78. The molecular weight excluding hydrogens is 362 g/mol. The van der Waals surface area contributed by atoms with Gasteiger partial charge in [0, 0.05) is 29.3 Å². The normalized spacial score (nSPS) is 12.4. The summed E-state index contributed by atoms with van der Waals surface area (Å²) in [6.07, 6.45) is 2.82. The van der Waals surface area contributed by atoms with Crippen molar-refractivity contribution in [3.8, 4) is 34.0 Å². The average molecular weight is 383 g/mol. The number of benzene rings is 3. The van der Waals surface area contributed by atoms with E-state index in [4.69, 9.17) is 14.5 Å². The van der Waals surface area contributed by atoms with Crippen LogP contribution in [-0.4, -0.2) is 30.4 Å². The molecule has 144 valence electrons. The first-order valence-corrected chi connectivity index (χ1v) is 9.55. The van der Waals surface area contributed by atoms with Crippen molar-refractivity contribution in [1.29, 1.82) is 0 Å². The molecule has 3 aromatic carbocycles. The number of methoxy groups -OCH3 is 2. The molecule has 5 heteroatoms. The van der Waals surface area contributed by atoms with Gasteiger partial charge in [-0.15, -0.1) is 0 Å². The molecule has 1 aromatic heterocycles. The molecule has 0 aliphatic carbocycles. The Morgan fingerprint density at radius 2 is 1.72 bits per heavy atom. The molecule has 5 rings (SSSR count). The summed E-state index contributed by atoms with van der Waals surface area (Å²) >= 11 is 0. The quantitative estimate of drug-likeness (QED) is 0.507. The van der Waals surface area contributed by atoms with Crippen molar-refractivity contribution in [2.24, 2.45) is 4.99 Å². The lowest BCUT2D eigenvalue weighted by atomic mass is 10.0. The highest BCUT2D eigenvalue weighted by atomic mass is 16.5. The second-order valence-electron chi connectivity index (χ2n) is 7.15. The first kappa shape index (κ1) is 17.5. The van der Waals surface area contributed by atoms with Gasteiger partial charge < -0.3 is 14.5 Å². The van der Waals surface area contributed by atoms with Gasteiger partial charge >= 0.3 is 0 Å². The van der Waals surface area contributed by atoms with Gasteiger partial charge in [0.2, 0.25) is 0 Å². The van der Waals surface area contributed by atoms with Crippen molar-refractivity contribution in [3.63, 3.8) is 0 Å². The van der Waals surface area contributed by atoms with E-state index in [1.165, 1.54) is 5.56 Å². The smallest absolute Gasteiger partial charge is 0.138 e. The molecule has 0 saturated heterocycles. The van der Waals surface area contributed by atoms with Crippen LogP contribution in [0.25, 0.3) is 33.5 Å². The van der Waals surface area contributed by atoms with Gasteiger partial charge in [0.05, 0.1) is 30.9 Å². The minimum atomic E-state index is 0.801. The summed E-state index contributed by atoms with van der Waals surface area (Å²) in [5, 5.41) is 0. The van der Waals surface area contributed by atoms with Gasteiger partial charge in [-0.1, -0.05) is 12.1 Å². The molecule has 0 unspecified atom stereocenters. The van der Waals surface area contributed by atoms with Crippen LogP contribution in [0.2, 0.25) is 0 Å². The van der Waals surface area contributed by atoms with Crippen LogP contribution in [0.4, 0.5) is 5.69 Å². The number of aliphatic imine (C=N–C) groups is 1. The maximum atomic E-state index is 5.56. The van der Waals surface area contributed by atoms with E-state index in [2.05, 4.69) is 34.2 Å². The number of para-hydroxylation sites is 1. The van der Waals surface area contributed by atoms with Crippen LogP contribution in [0.1, 0.15) is 11.1 Å². The predicted octanol–water partition coefficient (Wildman–Crippen LogP) is 5.48. The van der Waals surface area contributed by atoms with E-state index >= 15 is 0 Å². The highest BCUT2D eigenvalue weighted by Gasteiger charge is 2.15. The van der Waals surface area contributed by atoms with E-state index in [0.29, 0.717) is 0 Å². The standard InChI is InChI=1S/C24H21N3O2/c1-14-21(28-2)12-17(13-22(14)29-3)18-5-4-6-20-23(18)27-24(26-20)16-7-8-19-15(11-16)9-10-25-19/h4-8,10-13H,9H2,1-3H3,(H,26,27). The summed E-state index contributed by atoms with van der Waals surface area (Å²) in [5.41, 5.74) is 8.32. The number of aromatic nitrogens is 2. The predicted molar refractivity (Wildman–Crippen MR) is 117 cm³/mol. The highest BCUT2D eigenvalue weighted by Crippen LogP contribution is 2.37. The van der Waals surface area contributed by atoms with Gasteiger partial charge in [0.25, 0.3) is 0 Å². The van der Waals surface area contributed by atoms with Gasteiger partial charge in [-0.25, -0.2) is 4.98 Å². The third-order valence-corrected chi connectivity index (χ3v) is 5.48. The number of hydrogen-bond acceptors (Lipinski definition) is 4. The molecule has 0 radical (unpaired) electrons. The fourth-order valence-electron chi connectivity index (χ4n) is 3.91. The largest absolute Gasteiger partial charge is 0.496 e. The first-order valence-electron chi connectivity index (χ1n) is 9.55. The van der Waals surface area contributed by atoms with Gasteiger partial charge in [0.1, 0.15) is 17.3 Å². The Morgan fingerprint density at radius 1 is 0.931 bits per heavy atom. The van der Waals surface area contributed by atoms with Gasteiger partial charge in [-0.3, -0.25) is 4.99 Å². The molecule has 0 bridgehead atoms. The molecular formula is C24H21N3O2. The van der Waals surface area contributed by atoms with Gasteiger partial charge in [-0.2, -0.15) is 0 Å². The Kier molecular flexibility index (Phi) is 4.09. The van der Waals surface area contributed by atoms with Crippen LogP contribution in [0.3, 0.4) is 0 Å². The third kappa shape index (κ3) is 2.86. The molecule has 1 N–H and O–H groups in total. The topological polar surface area (TPSA) is 59.5 Å². The van der Waals surface area contributed by atoms with Crippen molar-refractivity contribution in [2.75, 3.05) is 14.2 Å². The Hall–Kier alpha value is -3.60. The molecule has 0 amide bonds. The molecule has 5 nitrogen and oxygen atoms in total. The summed E-state index contributed by atoms with van der Waals surface area (Å²) in [4.78, 5) is 12.8. The van der Waals surface area contributed by atoms with E-state index in [-0.39, 0.29) is 0 Å². The molecule has 0 fully saturated rings. The van der Waals surface area contributed by atoms with E-state index < -0.39 is 0 Å². The van der Waals surface area contributed by atoms with Crippen LogP contribution >= 0.6 is 0 Å². The summed E-state index contributed by atoms with van der Waals surface area (Å²) < 4.78 is 11.1. The third-order valence-electron chi connectivity index (χ3n) is 5.48. The zero-order chi connectivity index (χ0) is 20.0. The van der Waals surface area contributed by atoms with E-state index in [1.54, 1.807) is 14.2 Å². The van der Waals surface area contributed by atoms with Crippen LogP contribution < -0.4 is 9.47 Å². The monoisotopic (exact) mass is 383 g/mol. The van der Waals surface area contributed by atoms with Gasteiger partial charge in [0.15, 0.2) is 0 Å². The number of rotatable bonds is 4. The Bertz CT molecular complexity index is 1250. The Labute approximate surface area is 169 Å². The molecule has 0 spiro atoms. The summed E-state index contributed by atoms with van der Waals surface area (Å²) in [6, 6.07) is 16.5. The van der Waals surface area contributed by atoms with Crippen molar-refractivity contribution in [1.82, 2.24) is 9.97 Å². The lowest BCUT2D eigenvalue weighted by Crippen LogP contribution is -1.94. The van der Waals surface area contributed by atoms with Crippen molar-refractivity contribution in [3.05, 3.63) is 59.7 Å². The number of aromatic amines is 1. The number of H-pyrrole nitrogens is 1. The second-order valence-corrected chi connectivity index (χ2v) is 7.15. The molecule has 29 heavy (non-hydrogen) atoms. The number of nitrogens with one attached hydrogen (secondary N) is 1. The summed E-state index contributed by atoms with van der Waals surface area (Å²) in [6.45, 7) is 1.99. The lowest BCUT2D eigenvalue weighted by Gasteiger charge is -2.13. The SMILES string of the molecule is COc1cc(-c2cccc3nc(-c4ccc5c(c4)CC=N5)[nH]c23)cc(OC)c1C. The van der Waals surface area contributed by atoms with Crippen molar-refractivity contribution < 1.29 is 9.47 Å². The van der Waals surface area contributed by atoms with Crippen LogP contribution in [0, 0.1) is 6.92 Å². The first-order chi connectivity index (χ1) is 14.2. The maximum Gasteiger partial charge on any atom is 0.138 e. The average Bonchev–Trinajstić information content (AvgIpc) is 3.39. The number of hydrogen-bond donors (Lipinski definition) is 1. The van der Waals surface area contributed by atoms with E-state index in [9.17, 15) is 0 Å². The number of imidazole rings is 1. The van der Waals surface area contributed by atoms with Crippen molar-refractivity contribution in [2.45, 2.75) is 13.3 Å². The maximum absolute atomic E-state index is 5.56. The lowest BCUT2D eigenvalue weighted by molar-refractivity contribution is 0.389. The Balaban J connectivity index is 1.65. The van der Waals surface area contributed by atoms with Crippen LogP contribution in [0.5, 0.6) is 11.5 Å². The zero-order valence-corrected chi connectivity index (χ0v) is 16.6. The van der Waals surface area contributed by atoms with Crippen LogP contribution in [0.15, 0.2) is 53.5 Å². The molecule has 0 saturated carbocycles. The molecule has 1 aliphatic heterocycles. The highest BCUT2D eigenvalue weighted by molar-refractivity contribution is 5.94. The van der Waals surface area contributed by atoms with Gasteiger partial charge in [-0.05, 0) is 54.4 Å². The molecule has 2 heterocycles. The van der Waals surface area contributed by atoms with Crippen LogP contribution in [-0.2, 0) is 6.42 Å². The number of fused-ring (bicyclic) bond motifs is 2. The molecule has 1 aliphatic rings. The Morgan fingerprint density at radius 3 is 2.48 bits per heavy atom. The molecule has 4 aromatic rings. The van der Waals surface area contributed by atoms with E-state index in [0.717, 1.165) is 62.7 Å². The zero-order valence-electron chi connectivity index (χ0n) is 16.6. The molecule has 0 atom stereocenters. The number of ether oxygens (including phenoxy) is 2. The fraction of sp³-hybridized carbons (Fsp3) is 0.167.